The SMILES string of the molecule is Cc1ccnc(OC2CCC(C)C(C)C2)c1C(=O)O. The summed E-state index contributed by atoms with van der Waals surface area (Å²) in [6, 6.07) is 1.70. The lowest BCUT2D eigenvalue weighted by atomic mass is 9.80. The molecule has 1 fully saturated rings. The van der Waals surface area contributed by atoms with Gasteiger partial charge in [-0.1, -0.05) is 13.8 Å². The molecule has 1 heterocycles. The van der Waals surface area contributed by atoms with Crippen molar-refractivity contribution in [3.05, 3.63) is 23.4 Å². The fraction of sp³-hybridized carbons (Fsp3) is 0.600. The highest BCUT2D eigenvalue weighted by molar-refractivity contribution is 5.91. The number of carboxylic acids is 1. The lowest BCUT2D eigenvalue weighted by Crippen LogP contribution is -2.29. The van der Waals surface area contributed by atoms with Crippen LogP contribution < -0.4 is 4.74 Å². The molecule has 19 heavy (non-hydrogen) atoms. The molecule has 0 amide bonds. The van der Waals surface area contributed by atoms with Gasteiger partial charge >= 0.3 is 5.97 Å². The fourth-order valence-electron chi connectivity index (χ4n) is 2.65. The van der Waals surface area contributed by atoms with Crippen LogP contribution in [0.4, 0.5) is 0 Å². The van der Waals surface area contributed by atoms with Crippen molar-refractivity contribution < 1.29 is 14.6 Å². The second kappa shape index (κ2) is 5.59. The number of carboxylic acid groups (broad SMARTS) is 1. The molecule has 1 saturated carbocycles. The Labute approximate surface area is 113 Å². The average molecular weight is 263 g/mol. The van der Waals surface area contributed by atoms with Crippen molar-refractivity contribution in [3.63, 3.8) is 0 Å². The molecule has 3 atom stereocenters. The molecule has 0 aromatic carbocycles. The Morgan fingerprint density at radius 1 is 1.37 bits per heavy atom. The predicted molar refractivity (Wildman–Crippen MR) is 72.5 cm³/mol. The molecule has 4 nitrogen and oxygen atoms in total. The third kappa shape index (κ3) is 3.06. The number of ether oxygens (including phenoxy) is 1. The van der Waals surface area contributed by atoms with Crippen molar-refractivity contribution in [2.45, 2.75) is 46.1 Å². The number of aryl methyl sites for hydroxylation is 1. The van der Waals surface area contributed by atoms with Crippen LogP contribution in [0.1, 0.15) is 49.0 Å². The third-order valence-corrected chi connectivity index (χ3v) is 4.17. The van der Waals surface area contributed by atoms with E-state index >= 15 is 0 Å². The molecular weight excluding hydrogens is 242 g/mol. The minimum Gasteiger partial charge on any atom is -0.477 e. The second-order valence-corrected chi connectivity index (χ2v) is 5.62. The van der Waals surface area contributed by atoms with Gasteiger partial charge < -0.3 is 9.84 Å². The highest BCUT2D eigenvalue weighted by atomic mass is 16.5. The maximum Gasteiger partial charge on any atom is 0.341 e. The van der Waals surface area contributed by atoms with Gasteiger partial charge in [-0.05, 0) is 49.7 Å². The lowest BCUT2D eigenvalue weighted by molar-refractivity contribution is 0.0669. The average Bonchev–Trinajstić information content (AvgIpc) is 2.33. The van der Waals surface area contributed by atoms with E-state index in [1.165, 1.54) is 0 Å². The van der Waals surface area contributed by atoms with Crippen LogP contribution in [0.15, 0.2) is 12.3 Å². The highest BCUT2D eigenvalue weighted by Crippen LogP contribution is 2.32. The zero-order valence-electron chi connectivity index (χ0n) is 11.7. The Morgan fingerprint density at radius 2 is 2.11 bits per heavy atom. The number of hydrogen-bond acceptors (Lipinski definition) is 3. The van der Waals surface area contributed by atoms with Gasteiger partial charge in [0.05, 0.1) is 0 Å². The standard InChI is InChI=1S/C15H21NO3/c1-9-4-5-12(8-11(9)3)19-14-13(15(17)18)10(2)6-7-16-14/h6-7,9,11-12H,4-5,8H2,1-3H3,(H,17,18). The normalized spacial score (nSPS) is 27.0. The fourth-order valence-corrected chi connectivity index (χ4v) is 2.65. The summed E-state index contributed by atoms with van der Waals surface area (Å²) >= 11 is 0. The Kier molecular flexibility index (Phi) is 4.08. The van der Waals surface area contributed by atoms with Gasteiger partial charge in [0.1, 0.15) is 11.7 Å². The van der Waals surface area contributed by atoms with Crippen LogP contribution in [0.2, 0.25) is 0 Å². The van der Waals surface area contributed by atoms with Crippen molar-refractivity contribution in [3.8, 4) is 5.88 Å². The number of rotatable bonds is 3. The van der Waals surface area contributed by atoms with Crippen molar-refractivity contribution in [2.24, 2.45) is 11.8 Å². The lowest BCUT2D eigenvalue weighted by Gasteiger charge is -2.32. The quantitative estimate of drug-likeness (QED) is 0.909. The first-order valence-corrected chi connectivity index (χ1v) is 6.84. The van der Waals surface area contributed by atoms with Crippen molar-refractivity contribution >= 4 is 5.97 Å². The molecule has 0 radical (unpaired) electrons. The first-order valence-electron chi connectivity index (χ1n) is 6.84. The van der Waals surface area contributed by atoms with E-state index in [1.807, 2.05) is 0 Å². The number of hydrogen-bond donors (Lipinski definition) is 1. The summed E-state index contributed by atoms with van der Waals surface area (Å²) < 4.78 is 5.86. The van der Waals surface area contributed by atoms with E-state index in [4.69, 9.17) is 4.74 Å². The monoisotopic (exact) mass is 263 g/mol. The van der Waals surface area contributed by atoms with Crippen molar-refractivity contribution in [1.82, 2.24) is 4.98 Å². The van der Waals surface area contributed by atoms with E-state index in [2.05, 4.69) is 18.8 Å². The van der Waals surface area contributed by atoms with E-state index in [-0.39, 0.29) is 17.5 Å². The molecule has 1 aliphatic carbocycles. The van der Waals surface area contributed by atoms with Crippen LogP contribution in [-0.4, -0.2) is 22.2 Å². The third-order valence-electron chi connectivity index (χ3n) is 4.17. The summed E-state index contributed by atoms with van der Waals surface area (Å²) in [7, 11) is 0. The summed E-state index contributed by atoms with van der Waals surface area (Å²) in [6.45, 7) is 6.25. The van der Waals surface area contributed by atoms with Gasteiger partial charge in [-0.2, -0.15) is 0 Å². The predicted octanol–water partition coefficient (Wildman–Crippen LogP) is 3.29. The van der Waals surface area contributed by atoms with Crippen LogP contribution in [0, 0.1) is 18.8 Å². The van der Waals surface area contributed by atoms with Crippen LogP contribution >= 0.6 is 0 Å². The first-order chi connectivity index (χ1) is 8.99. The molecule has 0 saturated heterocycles. The Hall–Kier alpha value is -1.58. The van der Waals surface area contributed by atoms with Crippen molar-refractivity contribution in [2.75, 3.05) is 0 Å². The van der Waals surface area contributed by atoms with Crippen LogP contribution in [-0.2, 0) is 0 Å². The summed E-state index contributed by atoms with van der Waals surface area (Å²) in [5.41, 5.74) is 0.878. The van der Waals surface area contributed by atoms with Crippen LogP contribution in [0.3, 0.4) is 0 Å². The molecular formula is C15H21NO3. The molecule has 0 bridgehead atoms. The molecule has 1 aromatic rings. The minimum atomic E-state index is -0.974. The highest BCUT2D eigenvalue weighted by Gasteiger charge is 2.27. The number of pyridine rings is 1. The smallest absolute Gasteiger partial charge is 0.341 e. The molecule has 104 valence electrons. The van der Waals surface area contributed by atoms with Gasteiger partial charge in [-0.3, -0.25) is 0 Å². The minimum absolute atomic E-state index is 0.0820. The summed E-state index contributed by atoms with van der Waals surface area (Å²) in [5, 5.41) is 9.25. The van der Waals surface area contributed by atoms with E-state index in [0.717, 1.165) is 19.3 Å². The largest absolute Gasteiger partial charge is 0.477 e. The molecule has 3 unspecified atom stereocenters. The Morgan fingerprint density at radius 3 is 2.74 bits per heavy atom. The van der Waals surface area contributed by atoms with Crippen molar-refractivity contribution in [1.29, 1.82) is 0 Å². The first kappa shape index (κ1) is 13.8. The number of nitrogens with zero attached hydrogens (tertiary/aromatic N) is 1. The number of carbonyl (C=O) groups is 1. The van der Waals surface area contributed by atoms with E-state index in [0.29, 0.717) is 17.4 Å². The van der Waals surface area contributed by atoms with E-state index in [9.17, 15) is 9.90 Å². The summed E-state index contributed by atoms with van der Waals surface area (Å²) in [5.74, 6) is 0.609. The zero-order valence-corrected chi connectivity index (χ0v) is 11.7. The zero-order chi connectivity index (χ0) is 14.0. The number of aromatic carboxylic acids is 1. The van der Waals surface area contributed by atoms with Gasteiger partial charge in [-0.25, -0.2) is 9.78 Å². The number of aromatic nitrogens is 1. The Bertz CT molecular complexity index is 472. The summed E-state index contributed by atoms with van der Waals surface area (Å²) in [4.78, 5) is 15.4. The van der Waals surface area contributed by atoms with Gasteiger partial charge in [0.25, 0.3) is 0 Å². The Balaban J connectivity index is 2.15. The van der Waals surface area contributed by atoms with Crippen LogP contribution in [0.5, 0.6) is 5.88 Å². The topological polar surface area (TPSA) is 59.4 Å². The molecule has 1 N–H and O–H groups in total. The van der Waals surface area contributed by atoms with Gasteiger partial charge in [-0.15, -0.1) is 0 Å². The molecule has 4 heteroatoms. The van der Waals surface area contributed by atoms with E-state index < -0.39 is 5.97 Å². The van der Waals surface area contributed by atoms with Crippen LogP contribution in [0.25, 0.3) is 0 Å². The second-order valence-electron chi connectivity index (χ2n) is 5.62. The maximum atomic E-state index is 11.3. The molecule has 0 spiro atoms. The van der Waals surface area contributed by atoms with Gasteiger partial charge in [0.15, 0.2) is 0 Å². The maximum absolute atomic E-state index is 11.3. The van der Waals surface area contributed by atoms with Gasteiger partial charge in [0, 0.05) is 6.20 Å². The van der Waals surface area contributed by atoms with E-state index in [1.54, 1.807) is 19.2 Å². The molecule has 1 aromatic heterocycles. The van der Waals surface area contributed by atoms with Gasteiger partial charge in [0.2, 0.25) is 5.88 Å². The molecule has 0 aliphatic heterocycles. The molecule has 1 aliphatic rings. The molecule has 2 rings (SSSR count). The summed E-state index contributed by atoms with van der Waals surface area (Å²) in [6.07, 6.45) is 4.75.